The molecular formula is C7H11NO2S. The second-order valence-corrected chi connectivity index (χ2v) is 3.12. The number of rotatable bonds is 5. The average molecular weight is 173 g/mol. The summed E-state index contributed by atoms with van der Waals surface area (Å²) in [7, 11) is 0. The third-order valence-corrected chi connectivity index (χ3v) is 2.13. The first-order valence-electron chi connectivity index (χ1n) is 3.56. The van der Waals surface area contributed by atoms with Gasteiger partial charge in [-0.05, 0) is 12.8 Å². The van der Waals surface area contributed by atoms with E-state index in [1.807, 2.05) is 0 Å². The summed E-state index contributed by atoms with van der Waals surface area (Å²) in [6, 6.07) is 0. The van der Waals surface area contributed by atoms with E-state index in [0.29, 0.717) is 5.22 Å². The number of oxazole rings is 1. The minimum atomic E-state index is 0.270. The number of hydrogen-bond donors (Lipinski definition) is 1. The van der Waals surface area contributed by atoms with E-state index >= 15 is 0 Å². The summed E-state index contributed by atoms with van der Waals surface area (Å²) >= 11 is 1.58. The van der Waals surface area contributed by atoms with E-state index in [0.717, 1.165) is 18.6 Å². The average Bonchev–Trinajstić information content (AvgIpc) is 2.50. The first kappa shape index (κ1) is 8.62. The topological polar surface area (TPSA) is 46.3 Å². The molecule has 1 aromatic heterocycles. The molecule has 0 unspecified atom stereocenters. The SMILES string of the molecule is OCCCCSc1ncco1. The molecule has 0 spiro atoms. The molecule has 1 aromatic rings. The van der Waals surface area contributed by atoms with Crippen LogP contribution in [0.1, 0.15) is 12.8 Å². The molecule has 0 aliphatic heterocycles. The number of unbranched alkanes of at least 4 members (excludes halogenated alkanes) is 1. The van der Waals surface area contributed by atoms with Gasteiger partial charge >= 0.3 is 0 Å². The van der Waals surface area contributed by atoms with Crippen LogP contribution in [0.3, 0.4) is 0 Å². The van der Waals surface area contributed by atoms with Crippen molar-refractivity contribution in [3.63, 3.8) is 0 Å². The summed E-state index contributed by atoms with van der Waals surface area (Å²) < 4.78 is 5.00. The number of thioether (sulfide) groups is 1. The van der Waals surface area contributed by atoms with Crippen molar-refractivity contribution in [2.45, 2.75) is 18.1 Å². The summed E-state index contributed by atoms with van der Waals surface area (Å²) in [5.74, 6) is 0.959. The van der Waals surface area contributed by atoms with E-state index < -0.39 is 0 Å². The van der Waals surface area contributed by atoms with Crippen LogP contribution < -0.4 is 0 Å². The second kappa shape index (κ2) is 5.21. The Bertz CT molecular complexity index is 177. The molecule has 0 fully saturated rings. The van der Waals surface area contributed by atoms with Gasteiger partial charge in [0.15, 0.2) is 0 Å². The summed E-state index contributed by atoms with van der Waals surface area (Å²) in [5, 5.41) is 9.19. The van der Waals surface area contributed by atoms with Gasteiger partial charge < -0.3 is 9.52 Å². The fourth-order valence-corrected chi connectivity index (χ4v) is 1.44. The molecule has 0 saturated carbocycles. The predicted molar refractivity (Wildman–Crippen MR) is 43.5 cm³/mol. The lowest BCUT2D eigenvalue weighted by Crippen LogP contribution is -1.84. The normalized spacial score (nSPS) is 10.3. The highest BCUT2D eigenvalue weighted by molar-refractivity contribution is 7.99. The standard InChI is InChI=1S/C7H11NO2S/c9-4-1-2-6-11-7-8-3-5-10-7/h3,5,9H,1-2,4,6H2. The molecule has 0 aliphatic rings. The molecule has 11 heavy (non-hydrogen) atoms. The van der Waals surface area contributed by atoms with E-state index in [1.165, 1.54) is 0 Å². The van der Waals surface area contributed by atoms with Gasteiger partial charge in [-0.2, -0.15) is 0 Å². The molecule has 62 valence electrons. The highest BCUT2D eigenvalue weighted by Gasteiger charge is 1.96. The van der Waals surface area contributed by atoms with Gasteiger partial charge in [0.1, 0.15) is 6.26 Å². The third-order valence-electron chi connectivity index (χ3n) is 1.19. The minimum absolute atomic E-state index is 0.270. The van der Waals surface area contributed by atoms with Crippen molar-refractivity contribution in [3.8, 4) is 0 Å². The van der Waals surface area contributed by atoms with Crippen LogP contribution in [0, 0.1) is 0 Å². The van der Waals surface area contributed by atoms with E-state index in [1.54, 1.807) is 24.2 Å². The Hall–Kier alpha value is -0.480. The fraction of sp³-hybridized carbons (Fsp3) is 0.571. The quantitative estimate of drug-likeness (QED) is 0.542. The molecule has 4 heteroatoms. The number of hydrogen-bond acceptors (Lipinski definition) is 4. The van der Waals surface area contributed by atoms with Gasteiger partial charge in [-0.1, -0.05) is 11.8 Å². The molecule has 0 aliphatic carbocycles. The van der Waals surface area contributed by atoms with Crippen LogP contribution >= 0.6 is 11.8 Å². The second-order valence-electron chi connectivity index (χ2n) is 2.08. The molecule has 0 radical (unpaired) electrons. The van der Waals surface area contributed by atoms with Crippen LogP contribution in [-0.2, 0) is 0 Å². The zero-order valence-corrected chi connectivity index (χ0v) is 7.01. The maximum atomic E-state index is 8.48. The lowest BCUT2D eigenvalue weighted by Gasteiger charge is -1.93. The Morgan fingerprint density at radius 2 is 2.45 bits per heavy atom. The van der Waals surface area contributed by atoms with Crippen molar-refractivity contribution in [1.82, 2.24) is 4.98 Å². The van der Waals surface area contributed by atoms with Crippen LogP contribution in [0.2, 0.25) is 0 Å². The molecule has 1 N–H and O–H groups in total. The molecule has 0 amide bonds. The van der Waals surface area contributed by atoms with Gasteiger partial charge in [-0.25, -0.2) is 4.98 Å². The number of nitrogens with zero attached hydrogens (tertiary/aromatic N) is 1. The van der Waals surface area contributed by atoms with Crippen molar-refractivity contribution in [3.05, 3.63) is 12.5 Å². The zero-order valence-electron chi connectivity index (χ0n) is 6.19. The van der Waals surface area contributed by atoms with Crippen LogP contribution in [-0.4, -0.2) is 22.5 Å². The highest BCUT2D eigenvalue weighted by Crippen LogP contribution is 2.15. The lowest BCUT2D eigenvalue weighted by molar-refractivity contribution is 0.287. The summed E-state index contributed by atoms with van der Waals surface area (Å²) in [5.41, 5.74) is 0. The van der Waals surface area contributed by atoms with Crippen molar-refractivity contribution in [2.24, 2.45) is 0 Å². The zero-order chi connectivity index (χ0) is 7.94. The Balaban J connectivity index is 2.04. The Morgan fingerprint density at radius 3 is 3.09 bits per heavy atom. The van der Waals surface area contributed by atoms with E-state index in [2.05, 4.69) is 4.98 Å². The number of aliphatic hydroxyl groups excluding tert-OH is 1. The molecule has 1 heterocycles. The van der Waals surface area contributed by atoms with Gasteiger partial charge in [0, 0.05) is 12.4 Å². The molecule has 1 rings (SSSR count). The summed E-state index contributed by atoms with van der Waals surface area (Å²) in [6.45, 7) is 0.270. The summed E-state index contributed by atoms with van der Waals surface area (Å²) in [6.07, 6.45) is 5.06. The number of aromatic nitrogens is 1. The molecule has 0 saturated heterocycles. The van der Waals surface area contributed by atoms with E-state index in [4.69, 9.17) is 9.52 Å². The van der Waals surface area contributed by atoms with E-state index in [-0.39, 0.29) is 6.61 Å². The van der Waals surface area contributed by atoms with E-state index in [9.17, 15) is 0 Å². The Labute approximate surface area is 69.8 Å². The first-order chi connectivity index (χ1) is 5.43. The summed E-state index contributed by atoms with van der Waals surface area (Å²) in [4.78, 5) is 3.95. The van der Waals surface area contributed by atoms with Crippen molar-refractivity contribution in [1.29, 1.82) is 0 Å². The van der Waals surface area contributed by atoms with Crippen LogP contribution in [0.25, 0.3) is 0 Å². The largest absolute Gasteiger partial charge is 0.440 e. The lowest BCUT2D eigenvalue weighted by atomic mass is 10.4. The van der Waals surface area contributed by atoms with Crippen LogP contribution in [0.15, 0.2) is 22.1 Å². The molecule has 3 nitrogen and oxygen atoms in total. The molecular weight excluding hydrogens is 162 g/mol. The molecule has 0 bridgehead atoms. The van der Waals surface area contributed by atoms with Crippen molar-refractivity contribution >= 4 is 11.8 Å². The van der Waals surface area contributed by atoms with Crippen molar-refractivity contribution < 1.29 is 9.52 Å². The van der Waals surface area contributed by atoms with Gasteiger partial charge in [-0.15, -0.1) is 0 Å². The van der Waals surface area contributed by atoms with Gasteiger partial charge in [0.2, 0.25) is 0 Å². The minimum Gasteiger partial charge on any atom is -0.440 e. The predicted octanol–water partition coefficient (Wildman–Crippen LogP) is 1.54. The molecule has 0 aromatic carbocycles. The van der Waals surface area contributed by atoms with Gasteiger partial charge in [0.25, 0.3) is 5.22 Å². The number of aliphatic hydroxyl groups is 1. The monoisotopic (exact) mass is 173 g/mol. The van der Waals surface area contributed by atoms with Crippen LogP contribution in [0.4, 0.5) is 0 Å². The Kier molecular flexibility index (Phi) is 4.08. The third kappa shape index (κ3) is 3.43. The smallest absolute Gasteiger partial charge is 0.255 e. The maximum Gasteiger partial charge on any atom is 0.255 e. The van der Waals surface area contributed by atoms with Crippen molar-refractivity contribution in [2.75, 3.05) is 12.4 Å². The fourth-order valence-electron chi connectivity index (χ4n) is 0.655. The van der Waals surface area contributed by atoms with Gasteiger partial charge in [-0.3, -0.25) is 0 Å². The Morgan fingerprint density at radius 1 is 1.55 bits per heavy atom. The highest BCUT2D eigenvalue weighted by atomic mass is 32.2. The van der Waals surface area contributed by atoms with Gasteiger partial charge in [0.05, 0.1) is 6.20 Å². The van der Waals surface area contributed by atoms with Crippen LogP contribution in [0.5, 0.6) is 0 Å². The molecule has 0 atom stereocenters. The maximum absolute atomic E-state index is 8.48. The first-order valence-corrected chi connectivity index (χ1v) is 4.55.